The van der Waals surface area contributed by atoms with Crippen LogP contribution in [0.25, 0.3) is 0 Å². The van der Waals surface area contributed by atoms with Gasteiger partial charge in [-0.15, -0.1) is 0 Å². The highest BCUT2D eigenvalue weighted by atomic mass is 17.7. The molecule has 0 saturated carbocycles. The van der Waals surface area contributed by atoms with Crippen molar-refractivity contribution in [3.05, 3.63) is 0 Å². The quantitative estimate of drug-likeness (QED) is 0.287. The summed E-state index contributed by atoms with van der Waals surface area (Å²) in [5.74, 6) is 0. The topological polar surface area (TPSA) is 86.3 Å². The molecule has 114 valence electrons. The fraction of sp³-hybridized carbons (Fsp3) is 0.917. The van der Waals surface area contributed by atoms with Crippen molar-refractivity contribution < 1.29 is 29.8 Å². The first kappa shape index (κ1) is 18.1. The summed E-state index contributed by atoms with van der Waals surface area (Å²) < 4.78 is 0. The summed E-state index contributed by atoms with van der Waals surface area (Å²) in [5.41, 5.74) is 0. The monoisotopic (exact) mass is 279 g/mol. The molecule has 0 aliphatic rings. The lowest BCUT2D eigenvalue weighted by molar-refractivity contribution is -0.618. The molecule has 0 amide bonds. The number of carboxylic acid groups (broad SMARTS) is 1. The molecule has 7 nitrogen and oxygen atoms in total. The summed E-state index contributed by atoms with van der Waals surface area (Å²) in [7, 11) is 0. The van der Waals surface area contributed by atoms with E-state index in [0.717, 1.165) is 19.5 Å². The second kappa shape index (κ2) is 15.2. The maximum Gasteiger partial charge on any atom is 0.540 e. The van der Waals surface area contributed by atoms with Crippen LogP contribution in [0.4, 0.5) is 4.79 Å². The molecule has 0 fully saturated rings. The van der Waals surface area contributed by atoms with Crippen LogP contribution in [0.1, 0.15) is 51.9 Å². The molecule has 7 heteroatoms. The molecule has 0 heterocycles. The minimum Gasteiger partial charge on any atom is -0.448 e. The Kier molecular flexibility index (Phi) is 14.5. The molecule has 0 aromatic rings. The van der Waals surface area contributed by atoms with E-state index in [9.17, 15) is 4.79 Å². The summed E-state index contributed by atoms with van der Waals surface area (Å²) in [4.78, 5) is 17.9. The van der Waals surface area contributed by atoms with Crippen molar-refractivity contribution in [2.45, 2.75) is 51.9 Å². The average Bonchev–Trinajstić information content (AvgIpc) is 2.39. The number of hydrogen-bond acceptors (Lipinski definition) is 6. The van der Waals surface area contributed by atoms with Crippen LogP contribution in [-0.2, 0) is 19.9 Å². The lowest BCUT2D eigenvalue weighted by atomic mass is 10.1. The van der Waals surface area contributed by atoms with Crippen LogP contribution in [-0.4, -0.2) is 31.0 Å². The number of unbranched alkanes of at least 4 members (excludes halogenated alkanes) is 5. The lowest BCUT2D eigenvalue weighted by Gasteiger charge is -2.04. The highest BCUT2D eigenvalue weighted by Gasteiger charge is 1.98. The molecule has 0 bridgehead atoms. The molecule has 0 saturated heterocycles. The SMILES string of the molecule is CCCCCCCCNCCCOOOOC(=O)O. The smallest absolute Gasteiger partial charge is 0.448 e. The minimum absolute atomic E-state index is 0.298. The van der Waals surface area contributed by atoms with Crippen molar-refractivity contribution in [3.63, 3.8) is 0 Å². The summed E-state index contributed by atoms with van der Waals surface area (Å²) in [6, 6.07) is 0. The summed E-state index contributed by atoms with van der Waals surface area (Å²) in [6.07, 6.45) is 6.87. The number of rotatable bonds is 14. The number of nitrogens with one attached hydrogen (secondary N) is 1. The Morgan fingerprint density at radius 1 is 1.00 bits per heavy atom. The van der Waals surface area contributed by atoms with Gasteiger partial charge in [-0.2, -0.15) is 0 Å². The van der Waals surface area contributed by atoms with Gasteiger partial charge < -0.3 is 10.4 Å². The zero-order chi connectivity index (χ0) is 14.2. The van der Waals surface area contributed by atoms with Gasteiger partial charge in [-0.25, -0.2) is 14.6 Å². The van der Waals surface area contributed by atoms with Crippen LogP contribution in [0.15, 0.2) is 0 Å². The highest BCUT2D eigenvalue weighted by Crippen LogP contribution is 2.03. The van der Waals surface area contributed by atoms with Crippen molar-refractivity contribution in [2.24, 2.45) is 0 Å². The van der Waals surface area contributed by atoms with Gasteiger partial charge in [0.25, 0.3) is 0 Å². The average molecular weight is 279 g/mol. The number of carbonyl (C=O) groups is 1. The summed E-state index contributed by atoms with van der Waals surface area (Å²) in [5, 5.41) is 19.0. The Morgan fingerprint density at radius 3 is 2.42 bits per heavy atom. The summed E-state index contributed by atoms with van der Waals surface area (Å²) in [6.45, 7) is 4.34. The molecule has 0 aliphatic heterocycles. The van der Waals surface area contributed by atoms with Gasteiger partial charge in [0.2, 0.25) is 0 Å². The van der Waals surface area contributed by atoms with Crippen molar-refractivity contribution in [1.82, 2.24) is 5.32 Å². The van der Waals surface area contributed by atoms with Crippen molar-refractivity contribution >= 4 is 6.16 Å². The Labute approximate surface area is 114 Å². The first-order chi connectivity index (χ1) is 9.27. The van der Waals surface area contributed by atoms with Crippen LogP contribution in [0.5, 0.6) is 0 Å². The standard InChI is InChI=1S/C12H25NO6/c1-2-3-4-5-6-7-9-13-10-8-11-16-18-19-17-12(14)15/h13H,2-11H2,1H3,(H,14,15). The van der Waals surface area contributed by atoms with E-state index in [1.54, 1.807) is 0 Å². The first-order valence-corrected chi connectivity index (χ1v) is 6.83. The van der Waals surface area contributed by atoms with Crippen molar-refractivity contribution in [3.8, 4) is 0 Å². The third-order valence-corrected chi connectivity index (χ3v) is 2.47. The fourth-order valence-corrected chi connectivity index (χ4v) is 1.51. The lowest BCUT2D eigenvalue weighted by Crippen LogP contribution is -2.18. The number of hydrogen-bond donors (Lipinski definition) is 2. The van der Waals surface area contributed by atoms with Crippen LogP contribution >= 0.6 is 0 Å². The Bertz CT molecular complexity index is 203. The summed E-state index contributed by atoms with van der Waals surface area (Å²) >= 11 is 0. The molecule has 0 radical (unpaired) electrons. The van der Waals surface area contributed by atoms with Crippen LogP contribution in [0, 0.1) is 0 Å². The van der Waals surface area contributed by atoms with Crippen LogP contribution in [0.3, 0.4) is 0 Å². The normalized spacial score (nSPS) is 10.6. The molecule has 0 spiro atoms. The van der Waals surface area contributed by atoms with Crippen molar-refractivity contribution in [2.75, 3.05) is 19.7 Å². The third-order valence-electron chi connectivity index (χ3n) is 2.47. The predicted octanol–water partition coefficient (Wildman–Crippen LogP) is 2.82. The van der Waals surface area contributed by atoms with Gasteiger partial charge in [0.05, 0.1) is 6.61 Å². The molecule has 0 unspecified atom stereocenters. The third kappa shape index (κ3) is 17.1. The largest absolute Gasteiger partial charge is 0.540 e. The van der Waals surface area contributed by atoms with E-state index in [-0.39, 0.29) is 0 Å². The molecular formula is C12H25NO6. The molecular weight excluding hydrogens is 254 g/mol. The molecule has 19 heavy (non-hydrogen) atoms. The van der Waals surface area contributed by atoms with E-state index in [2.05, 4.69) is 32.1 Å². The van der Waals surface area contributed by atoms with Gasteiger partial charge in [-0.3, -0.25) is 0 Å². The molecule has 2 N–H and O–H groups in total. The van der Waals surface area contributed by atoms with E-state index in [1.165, 1.54) is 38.5 Å². The van der Waals surface area contributed by atoms with E-state index >= 15 is 0 Å². The van der Waals surface area contributed by atoms with Gasteiger partial charge in [0, 0.05) is 5.04 Å². The van der Waals surface area contributed by atoms with Crippen molar-refractivity contribution in [1.29, 1.82) is 0 Å². The van der Waals surface area contributed by atoms with E-state index < -0.39 is 6.16 Å². The zero-order valence-corrected chi connectivity index (χ0v) is 11.6. The fourth-order valence-electron chi connectivity index (χ4n) is 1.51. The highest BCUT2D eigenvalue weighted by molar-refractivity contribution is 5.55. The van der Waals surface area contributed by atoms with Crippen LogP contribution in [0.2, 0.25) is 0 Å². The zero-order valence-electron chi connectivity index (χ0n) is 11.6. The van der Waals surface area contributed by atoms with Gasteiger partial charge in [-0.05, 0) is 31.0 Å². The molecule has 0 aromatic carbocycles. The van der Waals surface area contributed by atoms with Gasteiger partial charge in [-0.1, -0.05) is 39.0 Å². The van der Waals surface area contributed by atoms with E-state index in [4.69, 9.17) is 5.11 Å². The molecule has 0 atom stereocenters. The molecule has 0 rings (SSSR count). The van der Waals surface area contributed by atoms with E-state index in [0.29, 0.717) is 6.61 Å². The second-order valence-electron chi connectivity index (χ2n) is 4.18. The van der Waals surface area contributed by atoms with Gasteiger partial charge in [0.1, 0.15) is 0 Å². The minimum atomic E-state index is -1.59. The van der Waals surface area contributed by atoms with Gasteiger partial charge in [0.15, 0.2) is 0 Å². The maximum absolute atomic E-state index is 9.83. The maximum atomic E-state index is 9.83. The Hall–Kier alpha value is -0.890. The van der Waals surface area contributed by atoms with Crippen LogP contribution < -0.4 is 5.32 Å². The second-order valence-corrected chi connectivity index (χ2v) is 4.18. The first-order valence-electron chi connectivity index (χ1n) is 6.83. The predicted molar refractivity (Wildman–Crippen MR) is 68.1 cm³/mol. The van der Waals surface area contributed by atoms with E-state index in [1.807, 2.05) is 0 Å². The Balaban J connectivity index is 2.93. The van der Waals surface area contributed by atoms with Gasteiger partial charge >= 0.3 is 6.16 Å². The Morgan fingerprint density at radius 2 is 1.68 bits per heavy atom. The molecule has 0 aliphatic carbocycles. The molecule has 0 aromatic heterocycles.